The molecular formula is C12H13BN2O. The molecule has 0 saturated carbocycles. The third-order valence-electron chi connectivity index (χ3n) is 2.51. The van der Waals surface area contributed by atoms with E-state index in [1.54, 1.807) is 12.5 Å². The Hall–Kier alpha value is -1.84. The summed E-state index contributed by atoms with van der Waals surface area (Å²) in [5.41, 5.74) is 2.75. The number of nitrogens with zero attached hydrogens (tertiary/aromatic N) is 2. The summed E-state index contributed by atoms with van der Waals surface area (Å²) in [6.07, 6.45) is 1.81. The Labute approximate surface area is 95.5 Å². The van der Waals surface area contributed by atoms with Gasteiger partial charge < -0.3 is 4.79 Å². The third-order valence-corrected chi connectivity index (χ3v) is 2.51. The van der Waals surface area contributed by atoms with Crippen molar-refractivity contribution in [3.05, 3.63) is 53.3 Å². The zero-order valence-corrected chi connectivity index (χ0v) is 9.47. The molecule has 0 aliphatic rings. The molecule has 0 aliphatic carbocycles. The van der Waals surface area contributed by atoms with E-state index in [9.17, 15) is 4.79 Å². The number of benzene rings is 1. The first kappa shape index (κ1) is 10.7. The van der Waals surface area contributed by atoms with Crippen molar-refractivity contribution in [3.8, 4) is 0 Å². The molecule has 16 heavy (non-hydrogen) atoms. The first-order chi connectivity index (χ1) is 7.66. The minimum atomic E-state index is 0.0665. The van der Waals surface area contributed by atoms with Gasteiger partial charge in [0, 0.05) is 11.8 Å². The van der Waals surface area contributed by atoms with Gasteiger partial charge in [0.25, 0.3) is 0 Å². The fraction of sp³-hybridized carbons (Fsp3) is 0.167. The minimum absolute atomic E-state index is 0.0665. The SMILES string of the molecule is BC(=O)c1cn(Cc2ccccc2)nc1C. The molecule has 1 aromatic heterocycles. The average Bonchev–Trinajstić information content (AvgIpc) is 2.61. The standard InChI is InChI=1S/C12H13BN2O/c1-9-11(12(13)16)8-15(14-9)7-10-5-3-2-4-6-10/h2-6,8H,7,13H2,1H3. The molecule has 0 spiro atoms. The molecule has 1 aromatic carbocycles. The van der Waals surface area contributed by atoms with Crippen LogP contribution >= 0.6 is 0 Å². The second kappa shape index (κ2) is 4.35. The lowest BCUT2D eigenvalue weighted by atomic mass is 9.96. The van der Waals surface area contributed by atoms with E-state index in [-0.39, 0.29) is 5.68 Å². The Balaban J connectivity index is 2.23. The van der Waals surface area contributed by atoms with Crippen molar-refractivity contribution in [1.82, 2.24) is 9.78 Å². The maximum absolute atomic E-state index is 11.3. The highest BCUT2D eigenvalue weighted by molar-refractivity contribution is 6.62. The van der Waals surface area contributed by atoms with Gasteiger partial charge in [-0.1, -0.05) is 30.3 Å². The molecule has 2 aromatic rings. The van der Waals surface area contributed by atoms with Crippen LogP contribution in [-0.4, -0.2) is 23.3 Å². The molecule has 1 heterocycles. The summed E-state index contributed by atoms with van der Waals surface area (Å²) in [4.78, 5) is 11.3. The molecule has 3 nitrogen and oxygen atoms in total. The third kappa shape index (κ3) is 2.22. The lowest BCUT2D eigenvalue weighted by Crippen LogP contribution is -2.00. The number of rotatable bonds is 3. The molecule has 0 unspecified atom stereocenters. The van der Waals surface area contributed by atoms with Crippen LogP contribution in [0, 0.1) is 6.92 Å². The van der Waals surface area contributed by atoms with Gasteiger partial charge in [-0.15, -0.1) is 0 Å². The number of hydrogen-bond acceptors (Lipinski definition) is 2. The predicted molar refractivity (Wildman–Crippen MR) is 65.4 cm³/mol. The monoisotopic (exact) mass is 212 g/mol. The summed E-state index contributed by atoms with van der Waals surface area (Å²) in [5, 5.41) is 4.32. The van der Waals surface area contributed by atoms with Gasteiger partial charge in [-0.3, -0.25) is 4.68 Å². The van der Waals surface area contributed by atoms with E-state index in [0.717, 1.165) is 5.69 Å². The number of carbonyl (C=O) groups is 1. The van der Waals surface area contributed by atoms with Crippen LogP contribution in [0.1, 0.15) is 21.6 Å². The van der Waals surface area contributed by atoms with E-state index in [1.807, 2.05) is 43.5 Å². The molecule has 0 aliphatic heterocycles. The van der Waals surface area contributed by atoms with E-state index in [1.165, 1.54) is 5.56 Å². The lowest BCUT2D eigenvalue weighted by molar-refractivity contribution is 0.108. The summed E-state index contributed by atoms with van der Waals surface area (Å²) in [7, 11) is 1.57. The van der Waals surface area contributed by atoms with Crippen LogP contribution < -0.4 is 0 Å². The number of aryl methyl sites for hydroxylation is 1. The van der Waals surface area contributed by atoms with Gasteiger partial charge in [-0.25, -0.2) is 0 Å². The molecule has 0 radical (unpaired) electrons. The van der Waals surface area contributed by atoms with Gasteiger partial charge in [0.05, 0.1) is 12.2 Å². The molecule has 0 bridgehead atoms. The Morgan fingerprint density at radius 3 is 2.62 bits per heavy atom. The van der Waals surface area contributed by atoms with E-state index in [0.29, 0.717) is 12.1 Å². The van der Waals surface area contributed by atoms with Gasteiger partial charge in [0.15, 0.2) is 7.85 Å². The highest BCUT2D eigenvalue weighted by atomic mass is 16.1. The quantitative estimate of drug-likeness (QED) is 0.711. The highest BCUT2D eigenvalue weighted by Crippen LogP contribution is 2.08. The van der Waals surface area contributed by atoms with Crippen LogP contribution in [0.3, 0.4) is 0 Å². The Morgan fingerprint density at radius 2 is 2.06 bits per heavy atom. The molecule has 0 N–H and O–H groups in total. The van der Waals surface area contributed by atoms with Gasteiger partial charge in [-0.2, -0.15) is 5.10 Å². The first-order valence-electron chi connectivity index (χ1n) is 5.26. The number of aromatic nitrogens is 2. The predicted octanol–water partition coefficient (Wildman–Crippen LogP) is 1.01. The van der Waals surface area contributed by atoms with Crippen LogP contribution in [0.5, 0.6) is 0 Å². The summed E-state index contributed by atoms with van der Waals surface area (Å²) >= 11 is 0. The van der Waals surface area contributed by atoms with Crippen molar-refractivity contribution < 1.29 is 4.79 Å². The topological polar surface area (TPSA) is 34.9 Å². The maximum atomic E-state index is 11.3. The van der Waals surface area contributed by atoms with E-state index < -0.39 is 0 Å². The molecule has 80 valence electrons. The fourth-order valence-electron chi connectivity index (χ4n) is 1.71. The van der Waals surface area contributed by atoms with Gasteiger partial charge in [0.1, 0.15) is 5.68 Å². The van der Waals surface area contributed by atoms with Crippen LogP contribution in [0.4, 0.5) is 0 Å². The van der Waals surface area contributed by atoms with Crippen molar-refractivity contribution in [2.24, 2.45) is 0 Å². The molecule has 2 rings (SSSR count). The van der Waals surface area contributed by atoms with Crippen molar-refractivity contribution in [2.45, 2.75) is 13.5 Å². The van der Waals surface area contributed by atoms with Crippen molar-refractivity contribution >= 4 is 13.5 Å². The minimum Gasteiger partial charge on any atom is -0.307 e. The van der Waals surface area contributed by atoms with E-state index in [2.05, 4.69) is 5.10 Å². The molecular weight excluding hydrogens is 199 g/mol. The number of carbonyl (C=O) groups excluding carboxylic acids is 1. The van der Waals surface area contributed by atoms with Crippen molar-refractivity contribution in [1.29, 1.82) is 0 Å². The van der Waals surface area contributed by atoms with Gasteiger partial charge in [0.2, 0.25) is 0 Å². The van der Waals surface area contributed by atoms with Crippen molar-refractivity contribution in [2.75, 3.05) is 0 Å². The van der Waals surface area contributed by atoms with E-state index in [4.69, 9.17) is 0 Å². The number of hydrogen-bond donors (Lipinski definition) is 0. The Kier molecular flexibility index (Phi) is 2.90. The average molecular weight is 212 g/mol. The summed E-state index contributed by atoms with van der Waals surface area (Å²) in [5.74, 6) is 0. The highest BCUT2D eigenvalue weighted by Gasteiger charge is 2.08. The van der Waals surface area contributed by atoms with Crippen molar-refractivity contribution in [3.63, 3.8) is 0 Å². The van der Waals surface area contributed by atoms with Crippen LogP contribution in [0.25, 0.3) is 0 Å². The van der Waals surface area contributed by atoms with Crippen LogP contribution in [-0.2, 0) is 6.54 Å². The lowest BCUT2D eigenvalue weighted by Gasteiger charge is -2.00. The zero-order valence-electron chi connectivity index (χ0n) is 9.47. The summed E-state index contributed by atoms with van der Waals surface area (Å²) in [6, 6.07) is 10.1. The van der Waals surface area contributed by atoms with Crippen LogP contribution in [0.15, 0.2) is 36.5 Å². The molecule has 0 saturated heterocycles. The maximum Gasteiger partial charge on any atom is 0.193 e. The van der Waals surface area contributed by atoms with E-state index >= 15 is 0 Å². The second-order valence-electron chi connectivity index (χ2n) is 3.87. The fourth-order valence-corrected chi connectivity index (χ4v) is 1.71. The van der Waals surface area contributed by atoms with Crippen LogP contribution in [0.2, 0.25) is 0 Å². The van der Waals surface area contributed by atoms with Gasteiger partial charge in [-0.05, 0) is 12.5 Å². The van der Waals surface area contributed by atoms with Gasteiger partial charge >= 0.3 is 0 Å². The molecule has 0 fully saturated rings. The Bertz CT molecular complexity index is 505. The zero-order chi connectivity index (χ0) is 11.5. The Morgan fingerprint density at radius 1 is 1.38 bits per heavy atom. The molecule has 4 heteroatoms. The summed E-state index contributed by atoms with van der Waals surface area (Å²) < 4.78 is 1.81. The molecule has 0 atom stereocenters. The second-order valence-corrected chi connectivity index (χ2v) is 3.87. The largest absolute Gasteiger partial charge is 0.307 e. The smallest absolute Gasteiger partial charge is 0.193 e. The first-order valence-corrected chi connectivity index (χ1v) is 5.26. The molecule has 0 amide bonds. The summed E-state index contributed by atoms with van der Waals surface area (Å²) in [6.45, 7) is 2.56. The normalized spacial score (nSPS) is 10.3.